The summed E-state index contributed by atoms with van der Waals surface area (Å²) in [6.07, 6.45) is 5.02. The van der Waals surface area contributed by atoms with E-state index in [4.69, 9.17) is 14.2 Å². The number of ketones is 1. The zero-order chi connectivity index (χ0) is 20.8. The summed E-state index contributed by atoms with van der Waals surface area (Å²) >= 11 is 0. The Bertz CT molecular complexity index is 698. The molecule has 2 aliphatic rings. The first kappa shape index (κ1) is 22.1. The van der Waals surface area contributed by atoms with E-state index in [1.807, 2.05) is 19.9 Å². The number of allylic oxidation sites excluding steroid dienone is 3. The molecule has 0 aliphatic carbocycles. The molecule has 0 spiro atoms. The highest BCUT2D eigenvalue weighted by atomic mass is 16.8. The molecule has 28 heavy (non-hydrogen) atoms. The van der Waals surface area contributed by atoms with E-state index < -0.39 is 18.5 Å². The summed E-state index contributed by atoms with van der Waals surface area (Å²) < 4.78 is 16.6. The lowest BCUT2D eigenvalue weighted by atomic mass is 9.74. The first-order valence-corrected chi connectivity index (χ1v) is 9.71. The van der Waals surface area contributed by atoms with Gasteiger partial charge in [-0.15, -0.1) is 0 Å². The minimum atomic E-state index is -0.856. The third-order valence-corrected chi connectivity index (χ3v) is 4.97. The van der Waals surface area contributed by atoms with Crippen molar-refractivity contribution in [2.75, 3.05) is 0 Å². The topological polar surface area (TPSA) is 78.9 Å². The zero-order valence-corrected chi connectivity index (χ0v) is 17.2. The van der Waals surface area contributed by atoms with Gasteiger partial charge in [0, 0.05) is 25.2 Å². The lowest BCUT2D eigenvalue weighted by Gasteiger charge is -2.45. The smallest absolute Gasteiger partial charge is 0.308 e. The Morgan fingerprint density at radius 1 is 1.21 bits per heavy atom. The van der Waals surface area contributed by atoms with E-state index in [1.54, 1.807) is 6.92 Å². The zero-order valence-electron chi connectivity index (χ0n) is 17.2. The molecule has 0 aromatic carbocycles. The Morgan fingerprint density at radius 2 is 1.93 bits per heavy atom. The van der Waals surface area contributed by atoms with Gasteiger partial charge >= 0.3 is 11.9 Å². The number of rotatable bonds is 8. The molecule has 0 radical (unpaired) electrons. The SMILES string of the molecule is C=C(CCCC(C)=O)[C@H]1[C@@H](OC(C)=O)O[C@H]2OC(=O)C[C@@H]1/C2=C\CC=C(C)C. The molecule has 2 aliphatic heterocycles. The van der Waals surface area contributed by atoms with Gasteiger partial charge in [-0.05, 0) is 45.6 Å². The van der Waals surface area contributed by atoms with Crippen molar-refractivity contribution >= 4 is 17.7 Å². The molecule has 2 fully saturated rings. The molecule has 6 heteroatoms. The van der Waals surface area contributed by atoms with E-state index in [-0.39, 0.29) is 30.0 Å². The van der Waals surface area contributed by atoms with Crippen LogP contribution in [-0.2, 0) is 28.6 Å². The van der Waals surface area contributed by atoms with Crippen molar-refractivity contribution in [1.82, 2.24) is 0 Å². The van der Waals surface area contributed by atoms with Crippen molar-refractivity contribution in [1.29, 1.82) is 0 Å². The quantitative estimate of drug-likeness (QED) is 0.460. The van der Waals surface area contributed by atoms with E-state index in [2.05, 4.69) is 12.7 Å². The summed E-state index contributed by atoms with van der Waals surface area (Å²) in [5, 5.41) is 0. The van der Waals surface area contributed by atoms with E-state index in [0.717, 1.165) is 11.1 Å². The molecule has 0 aromatic rings. The molecule has 2 bridgehead atoms. The van der Waals surface area contributed by atoms with Gasteiger partial charge in [-0.3, -0.25) is 14.3 Å². The molecule has 0 amide bonds. The fourth-order valence-electron chi connectivity index (χ4n) is 3.70. The van der Waals surface area contributed by atoms with E-state index >= 15 is 0 Å². The van der Waals surface area contributed by atoms with Gasteiger partial charge in [0.1, 0.15) is 5.78 Å². The minimum absolute atomic E-state index is 0.118. The molecular formula is C22H30O6. The molecule has 0 N–H and O–H groups in total. The van der Waals surface area contributed by atoms with Gasteiger partial charge in [-0.1, -0.05) is 29.9 Å². The van der Waals surface area contributed by atoms with Crippen LogP contribution >= 0.6 is 0 Å². The highest BCUT2D eigenvalue weighted by molar-refractivity contribution is 5.75. The Morgan fingerprint density at radius 3 is 2.54 bits per heavy atom. The van der Waals surface area contributed by atoms with Crippen molar-refractivity contribution < 1.29 is 28.6 Å². The van der Waals surface area contributed by atoms with Crippen LogP contribution in [0.2, 0.25) is 0 Å². The Hall–Kier alpha value is -2.21. The normalized spacial score (nSPS) is 27.7. The van der Waals surface area contributed by atoms with Crippen LogP contribution in [-0.4, -0.2) is 30.3 Å². The van der Waals surface area contributed by atoms with E-state index in [9.17, 15) is 14.4 Å². The third kappa shape index (κ3) is 5.89. The van der Waals surface area contributed by atoms with Crippen LogP contribution in [0.25, 0.3) is 0 Å². The van der Waals surface area contributed by atoms with Crippen molar-refractivity contribution in [2.24, 2.45) is 11.8 Å². The van der Waals surface area contributed by atoms with E-state index in [0.29, 0.717) is 25.7 Å². The monoisotopic (exact) mass is 390 g/mol. The second-order valence-corrected chi connectivity index (χ2v) is 7.71. The van der Waals surface area contributed by atoms with Crippen molar-refractivity contribution in [3.63, 3.8) is 0 Å². The van der Waals surface area contributed by atoms with Crippen LogP contribution in [0.1, 0.15) is 59.8 Å². The highest BCUT2D eigenvalue weighted by Crippen LogP contribution is 2.45. The molecule has 0 saturated carbocycles. The number of esters is 2. The lowest BCUT2D eigenvalue weighted by Crippen LogP contribution is -2.51. The number of carbonyl (C=O) groups excluding carboxylic acids is 3. The number of Topliss-reactive ketones (excluding diaryl/α,β-unsaturated/α-hetero) is 1. The molecule has 2 heterocycles. The first-order valence-electron chi connectivity index (χ1n) is 9.71. The molecule has 154 valence electrons. The standard InChI is InChI=1S/C22H30O6/c1-13(2)8-6-11-17-18-12-19(25)27-21(17)28-22(26-16(5)24)20(18)14(3)9-7-10-15(4)23/h8,11,18,20-22H,3,6-7,9-10,12H2,1-2,4-5H3/b17-11+/t18-,20-,21-,22+/m1/s1. The average molecular weight is 390 g/mol. The second-order valence-electron chi connectivity index (χ2n) is 7.71. The summed E-state index contributed by atoms with van der Waals surface area (Å²) in [6, 6.07) is 0. The fourth-order valence-corrected chi connectivity index (χ4v) is 3.70. The van der Waals surface area contributed by atoms with Crippen LogP contribution in [0.4, 0.5) is 0 Å². The van der Waals surface area contributed by atoms with Crippen LogP contribution < -0.4 is 0 Å². The largest absolute Gasteiger partial charge is 0.435 e. The molecule has 2 saturated heterocycles. The van der Waals surface area contributed by atoms with Crippen molar-refractivity contribution in [3.05, 3.63) is 35.5 Å². The number of fused-ring (bicyclic) bond motifs is 2. The molecule has 2 rings (SSSR count). The summed E-state index contributed by atoms with van der Waals surface area (Å²) in [4.78, 5) is 34.9. The maximum Gasteiger partial charge on any atom is 0.308 e. The van der Waals surface area contributed by atoms with Gasteiger partial charge in [0.25, 0.3) is 0 Å². The number of carbonyl (C=O) groups is 3. The van der Waals surface area contributed by atoms with Gasteiger partial charge < -0.3 is 14.3 Å². The predicted octanol–water partition coefficient (Wildman–Crippen LogP) is 4.01. The van der Waals surface area contributed by atoms with Gasteiger partial charge in [-0.2, -0.15) is 0 Å². The van der Waals surface area contributed by atoms with Crippen molar-refractivity contribution in [2.45, 2.75) is 72.4 Å². The van der Waals surface area contributed by atoms with Crippen LogP contribution in [0.15, 0.2) is 35.5 Å². The Labute approximate surface area is 166 Å². The first-order chi connectivity index (χ1) is 13.2. The summed E-state index contributed by atoms with van der Waals surface area (Å²) in [6.45, 7) is 11.1. The van der Waals surface area contributed by atoms with Gasteiger partial charge in [-0.25, -0.2) is 0 Å². The van der Waals surface area contributed by atoms with Gasteiger partial charge in [0.15, 0.2) is 0 Å². The lowest BCUT2D eigenvalue weighted by molar-refractivity contribution is -0.268. The molecule has 0 unspecified atom stereocenters. The van der Waals surface area contributed by atoms with Crippen LogP contribution in [0.3, 0.4) is 0 Å². The number of hydrogen-bond donors (Lipinski definition) is 0. The molecular weight excluding hydrogens is 360 g/mol. The molecule has 0 aromatic heterocycles. The Kier molecular flexibility index (Phi) is 7.75. The summed E-state index contributed by atoms with van der Waals surface area (Å²) in [7, 11) is 0. The fraction of sp³-hybridized carbons (Fsp3) is 0.591. The Balaban J connectivity index is 2.29. The number of ether oxygens (including phenoxy) is 3. The molecule has 4 atom stereocenters. The summed E-state index contributed by atoms with van der Waals surface area (Å²) in [5.74, 6) is -1.23. The minimum Gasteiger partial charge on any atom is -0.435 e. The maximum atomic E-state index is 12.1. The third-order valence-electron chi connectivity index (χ3n) is 4.97. The second kappa shape index (κ2) is 9.82. The van der Waals surface area contributed by atoms with Gasteiger partial charge in [0.2, 0.25) is 12.6 Å². The highest BCUT2D eigenvalue weighted by Gasteiger charge is 2.49. The number of hydrogen-bond acceptors (Lipinski definition) is 6. The predicted molar refractivity (Wildman–Crippen MR) is 104 cm³/mol. The maximum absolute atomic E-state index is 12.1. The van der Waals surface area contributed by atoms with Crippen LogP contribution in [0, 0.1) is 11.8 Å². The summed E-state index contributed by atoms with van der Waals surface area (Å²) in [5.41, 5.74) is 2.90. The van der Waals surface area contributed by atoms with Gasteiger partial charge in [0.05, 0.1) is 6.42 Å². The van der Waals surface area contributed by atoms with E-state index in [1.165, 1.54) is 12.5 Å². The molecule has 6 nitrogen and oxygen atoms in total. The van der Waals surface area contributed by atoms with Crippen molar-refractivity contribution in [3.8, 4) is 0 Å². The van der Waals surface area contributed by atoms with Crippen LogP contribution in [0.5, 0.6) is 0 Å². The average Bonchev–Trinajstić information content (AvgIpc) is 2.54.